The van der Waals surface area contributed by atoms with E-state index >= 15 is 0 Å². The number of hydrogen-bond acceptors (Lipinski definition) is 3. The third kappa shape index (κ3) is 4.95. The number of nitrogens with zero attached hydrogens (tertiary/aromatic N) is 1. The van der Waals surface area contributed by atoms with Gasteiger partial charge in [-0.05, 0) is 12.0 Å². The van der Waals surface area contributed by atoms with Crippen molar-refractivity contribution in [1.82, 2.24) is 5.32 Å². The van der Waals surface area contributed by atoms with Crippen molar-refractivity contribution < 1.29 is 9.72 Å². The van der Waals surface area contributed by atoms with Gasteiger partial charge in [0, 0.05) is 30.4 Å². The van der Waals surface area contributed by atoms with E-state index < -0.39 is 4.92 Å². The van der Waals surface area contributed by atoms with Gasteiger partial charge in [0.25, 0.3) is 5.69 Å². The van der Waals surface area contributed by atoms with Crippen molar-refractivity contribution >= 4 is 27.5 Å². The lowest BCUT2D eigenvalue weighted by atomic mass is 10.1. The average Bonchev–Trinajstić information content (AvgIpc) is 2.30. The summed E-state index contributed by atoms with van der Waals surface area (Å²) in [5.74, 6) is 0.00351. The van der Waals surface area contributed by atoms with E-state index in [0.29, 0.717) is 24.7 Å². The van der Waals surface area contributed by atoms with E-state index in [4.69, 9.17) is 0 Å². The molecule has 0 fully saturated rings. The van der Waals surface area contributed by atoms with Gasteiger partial charge in [-0.25, -0.2) is 0 Å². The van der Waals surface area contributed by atoms with Gasteiger partial charge in [-0.1, -0.05) is 28.1 Å². The van der Waals surface area contributed by atoms with Crippen LogP contribution >= 0.6 is 15.9 Å². The van der Waals surface area contributed by atoms with Crippen LogP contribution in [0.4, 0.5) is 5.69 Å². The number of rotatable bonds is 6. The summed E-state index contributed by atoms with van der Waals surface area (Å²) < 4.78 is 0. The smallest absolute Gasteiger partial charge is 0.269 e. The summed E-state index contributed by atoms with van der Waals surface area (Å²) in [5.41, 5.74) is 1.05. The van der Waals surface area contributed by atoms with E-state index in [1.165, 1.54) is 12.1 Å². The Kier molecular flexibility index (Phi) is 5.62. The Balaban J connectivity index is 2.37. The standard InChI is InChI=1S/C11H13BrN2O3/c12-7-5-11(15)13-8-6-9-1-3-10(4-2-9)14(16)17/h1-4H,5-8H2,(H,13,15). The molecule has 0 spiro atoms. The molecule has 0 aliphatic carbocycles. The minimum Gasteiger partial charge on any atom is -0.356 e. The monoisotopic (exact) mass is 300 g/mol. The second kappa shape index (κ2) is 7.01. The Labute approximate surface area is 107 Å². The van der Waals surface area contributed by atoms with Crippen molar-refractivity contribution in [2.45, 2.75) is 12.8 Å². The Morgan fingerprint density at radius 3 is 2.53 bits per heavy atom. The first-order valence-electron chi connectivity index (χ1n) is 5.19. The molecule has 1 amide bonds. The number of amides is 1. The van der Waals surface area contributed by atoms with Crippen molar-refractivity contribution in [3.8, 4) is 0 Å². The van der Waals surface area contributed by atoms with E-state index in [-0.39, 0.29) is 11.6 Å². The second-order valence-electron chi connectivity index (χ2n) is 3.46. The zero-order chi connectivity index (χ0) is 12.7. The molecule has 17 heavy (non-hydrogen) atoms. The molecule has 0 bridgehead atoms. The number of alkyl halides is 1. The fourth-order valence-corrected chi connectivity index (χ4v) is 1.66. The molecule has 0 saturated heterocycles. The van der Waals surface area contributed by atoms with E-state index in [0.717, 1.165) is 5.56 Å². The predicted octanol–water partition coefficient (Wildman–Crippen LogP) is 2.04. The van der Waals surface area contributed by atoms with Gasteiger partial charge < -0.3 is 5.32 Å². The van der Waals surface area contributed by atoms with Gasteiger partial charge >= 0.3 is 0 Å². The largest absolute Gasteiger partial charge is 0.356 e. The van der Waals surface area contributed by atoms with Crippen LogP contribution in [0.25, 0.3) is 0 Å². The van der Waals surface area contributed by atoms with Crippen LogP contribution in [0, 0.1) is 10.1 Å². The van der Waals surface area contributed by atoms with Crippen LogP contribution in [0.15, 0.2) is 24.3 Å². The number of halogens is 1. The van der Waals surface area contributed by atoms with Crippen molar-refractivity contribution in [1.29, 1.82) is 0 Å². The molecule has 0 atom stereocenters. The topological polar surface area (TPSA) is 72.2 Å². The first-order chi connectivity index (χ1) is 8.13. The molecule has 1 N–H and O–H groups in total. The van der Waals surface area contributed by atoms with Crippen molar-refractivity contribution in [2.75, 3.05) is 11.9 Å². The summed E-state index contributed by atoms with van der Waals surface area (Å²) in [4.78, 5) is 21.1. The molecule has 92 valence electrons. The normalized spacial score (nSPS) is 9.94. The molecule has 0 aliphatic rings. The van der Waals surface area contributed by atoms with Crippen LogP contribution in [0.2, 0.25) is 0 Å². The van der Waals surface area contributed by atoms with Crippen molar-refractivity contribution in [3.63, 3.8) is 0 Å². The molecule has 1 aromatic rings. The maximum Gasteiger partial charge on any atom is 0.269 e. The SMILES string of the molecule is O=C(CCBr)NCCc1ccc([N+](=O)[O-])cc1. The van der Waals surface area contributed by atoms with Gasteiger partial charge in [-0.3, -0.25) is 14.9 Å². The summed E-state index contributed by atoms with van der Waals surface area (Å²) in [6.45, 7) is 0.545. The summed E-state index contributed by atoms with van der Waals surface area (Å²) in [6.07, 6.45) is 1.13. The fraction of sp³-hybridized carbons (Fsp3) is 0.364. The number of benzene rings is 1. The van der Waals surface area contributed by atoms with Crippen LogP contribution in [0.1, 0.15) is 12.0 Å². The molecular formula is C11H13BrN2O3. The molecule has 0 heterocycles. The van der Waals surface area contributed by atoms with Gasteiger partial charge in [0.1, 0.15) is 0 Å². The van der Waals surface area contributed by atoms with Gasteiger partial charge in [0.15, 0.2) is 0 Å². The molecule has 0 aromatic heterocycles. The first kappa shape index (κ1) is 13.6. The van der Waals surface area contributed by atoms with Crippen LogP contribution in [-0.2, 0) is 11.2 Å². The summed E-state index contributed by atoms with van der Waals surface area (Å²) in [5, 5.41) is 13.8. The third-order valence-corrected chi connectivity index (χ3v) is 2.60. The average molecular weight is 301 g/mol. The molecule has 0 unspecified atom stereocenters. The van der Waals surface area contributed by atoms with Gasteiger partial charge in [-0.15, -0.1) is 0 Å². The minimum absolute atomic E-state index is 0.00351. The number of carbonyl (C=O) groups is 1. The zero-order valence-corrected chi connectivity index (χ0v) is 10.8. The molecule has 0 radical (unpaired) electrons. The quantitative estimate of drug-likeness (QED) is 0.496. The van der Waals surface area contributed by atoms with E-state index in [9.17, 15) is 14.9 Å². The van der Waals surface area contributed by atoms with E-state index in [1.54, 1.807) is 12.1 Å². The molecule has 0 aliphatic heterocycles. The number of non-ortho nitro benzene ring substituents is 1. The zero-order valence-electron chi connectivity index (χ0n) is 9.19. The van der Waals surface area contributed by atoms with Crippen LogP contribution in [0.3, 0.4) is 0 Å². The lowest BCUT2D eigenvalue weighted by Gasteiger charge is -2.03. The van der Waals surface area contributed by atoms with Crippen LogP contribution in [-0.4, -0.2) is 22.7 Å². The Morgan fingerprint density at radius 1 is 1.35 bits per heavy atom. The highest BCUT2D eigenvalue weighted by Crippen LogP contribution is 2.11. The fourth-order valence-electron chi connectivity index (χ4n) is 1.30. The Morgan fingerprint density at radius 2 is 2.00 bits per heavy atom. The number of nitrogens with one attached hydrogen (secondary N) is 1. The molecule has 1 rings (SSSR count). The molecule has 0 saturated carbocycles. The van der Waals surface area contributed by atoms with Crippen LogP contribution < -0.4 is 5.32 Å². The van der Waals surface area contributed by atoms with Gasteiger partial charge in [0.2, 0.25) is 5.91 Å². The van der Waals surface area contributed by atoms with Crippen molar-refractivity contribution in [3.05, 3.63) is 39.9 Å². The first-order valence-corrected chi connectivity index (χ1v) is 6.31. The summed E-state index contributed by atoms with van der Waals surface area (Å²) >= 11 is 3.18. The number of carbonyl (C=O) groups excluding carboxylic acids is 1. The second-order valence-corrected chi connectivity index (χ2v) is 4.26. The lowest BCUT2D eigenvalue weighted by Crippen LogP contribution is -2.25. The highest BCUT2D eigenvalue weighted by molar-refractivity contribution is 9.09. The predicted molar refractivity (Wildman–Crippen MR) is 68.2 cm³/mol. The third-order valence-electron chi connectivity index (χ3n) is 2.20. The highest BCUT2D eigenvalue weighted by atomic mass is 79.9. The number of nitro groups is 1. The van der Waals surface area contributed by atoms with Crippen molar-refractivity contribution in [2.24, 2.45) is 0 Å². The van der Waals surface area contributed by atoms with Gasteiger partial charge in [-0.2, -0.15) is 0 Å². The van der Waals surface area contributed by atoms with E-state index in [1.807, 2.05) is 0 Å². The number of nitro benzene ring substituents is 1. The molecule has 1 aromatic carbocycles. The number of hydrogen-bond donors (Lipinski definition) is 1. The maximum absolute atomic E-state index is 11.1. The summed E-state index contributed by atoms with van der Waals surface area (Å²) in [6, 6.07) is 6.34. The Bertz CT molecular complexity index is 392. The Hall–Kier alpha value is -1.43. The van der Waals surface area contributed by atoms with E-state index in [2.05, 4.69) is 21.2 Å². The molecule has 6 heteroatoms. The van der Waals surface area contributed by atoms with Crippen LogP contribution in [0.5, 0.6) is 0 Å². The van der Waals surface area contributed by atoms with Gasteiger partial charge in [0.05, 0.1) is 4.92 Å². The summed E-state index contributed by atoms with van der Waals surface area (Å²) in [7, 11) is 0. The molecule has 5 nitrogen and oxygen atoms in total. The highest BCUT2D eigenvalue weighted by Gasteiger charge is 2.04. The maximum atomic E-state index is 11.1. The minimum atomic E-state index is -0.429. The lowest BCUT2D eigenvalue weighted by molar-refractivity contribution is -0.384. The molecular weight excluding hydrogens is 288 g/mol.